The summed E-state index contributed by atoms with van der Waals surface area (Å²) < 4.78 is 2.14. The van der Waals surface area contributed by atoms with Crippen molar-refractivity contribution < 1.29 is 0 Å². The number of rotatable bonds is 4. The van der Waals surface area contributed by atoms with Crippen LogP contribution in [-0.2, 0) is 6.54 Å². The molecule has 1 aromatic heterocycles. The van der Waals surface area contributed by atoms with Crippen molar-refractivity contribution in [1.82, 2.24) is 4.57 Å². The second kappa shape index (κ2) is 5.37. The van der Waals surface area contributed by atoms with Crippen LogP contribution in [0.5, 0.6) is 0 Å². The monoisotopic (exact) mass is 291 g/mol. The number of hydrogen-bond acceptors (Lipinski definition) is 2. The lowest BCUT2D eigenvalue weighted by atomic mass is 10.1. The maximum absolute atomic E-state index is 7.49. The molecule has 22 heavy (non-hydrogen) atoms. The molecule has 1 heterocycles. The van der Waals surface area contributed by atoms with Crippen LogP contribution in [0.1, 0.15) is 16.7 Å². The third-order valence-electron chi connectivity index (χ3n) is 3.70. The van der Waals surface area contributed by atoms with Crippen molar-refractivity contribution in [3.05, 3.63) is 71.4 Å². The SMILES string of the molecule is N=C(N)c1ccc(Cn2ccc3cc(C(=N)N)ccc32)cc1. The molecule has 0 aliphatic rings. The van der Waals surface area contributed by atoms with Gasteiger partial charge in [-0.1, -0.05) is 24.3 Å². The summed E-state index contributed by atoms with van der Waals surface area (Å²) in [6.45, 7) is 0.737. The van der Waals surface area contributed by atoms with Crippen LogP contribution in [0.25, 0.3) is 10.9 Å². The van der Waals surface area contributed by atoms with E-state index in [9.17, 15) is 0 Å². The molecule has 3 rings (SSSR count). The minimum absolute atomic E-state index is 0.0782. The number of nitrogen functional groups attached to an aromatic ring is 2. The van der Waals surface area contributed by atoms with Gasteiger partial charge in [0.15, 0.2) is 0 Å². The van der Waals surface area contributed by atoms with Gasteiger partial charge in [0.2, 0.25) is 0 Å². The Kier molecular flexibility index (Phi) is 3.39. The van der Waals surface area contributed by atoms with E-state index in [4.69, 9.17) is 22.3 Å². The Hall–Kier alpha value is -3.08. The molecule has 5 nitrogen and oxygen atoms in total. The number of nitrogens with two attached hydrogens (primary N) is 2. The third kappa shape index (κ3) is 2.56. The predicted molar refractivity (Wildman–Crippen MR) is 89.5 cm³/mol. The van der Waals surface area contributed by atoms with Crippen LogP contribution in [0.2, 0.25) is 0 Å². The zero-order valence-corrected chi connectivity index (χ0v) is 12.0. The summed E-state index contributed by atoms with van der Waals surface area (Å²) in [5, 5.41) is 16.0. The van der Waals surface area contributed by atoms with Crippen LogP contribution in [0.15, 0.2) is 54.7 Å². The highest BCUT2D eigenvalue weighted by molar-refractivity contribution is 5.98. The average Bonchev–Trinajstić information content (AvgIpc) is 2.90. The van der Waals surface area contributed by atoms with Crippen molar-refractivity contribution >= 4 is 22.6 Å². The molecule has 6 N–H and O–H groups in total. The molecular formula is C17H17N5. The van der Waals surface area contributed by atoms with E-state index in [1.807, 2.05) is 54.7 Å². The Morgan fingerprint density at radius 3 is 2.14 bits per heavy atom. The fraction of sp³-hybridized carbons (Fsp3) is 0.0588. The first-order chi connectivity index (χ1) is 10.5. The number of nitrogens with one attached hydrogen (secondary N) is 2. The normalized spacial score (nSPS) is 10.7. The van der Waals surface area contributed by atoms with Gasteiger partial charge < -0.3 is 16.0 Å². The molecule has 3 aromatic rings. The van der Waals surface area contributed by atoms with Crippen LogP contribution in [0.4, 0.5) is 0 Å². The standard InChI is InChI=1S/C17H17N5/c18-16(19)12-3-1-11(2-4-12)10-22-8-7-13-9-14(17(20)21)5-6-15(13)22/h1-9H,10H2,(H3,18,19)(H3,20,21). The molecule has 110 valence electrons. The fourth-order valence-electron chi connectivity index (χ4n) is 2.49. The summed E-state index contributed by atoms with van der Waals surface area (Å²) in [6, 6.07) is 15.5. The third-order valence-corrected chi connectivity index (χ3v) is 3.70. The second-order valence-electron chi connectivity index (χ2n) is 5.24. The molecular weight excluding hydrogens is 274 g/mol. The predicted octanol–water partition coefficient (Wildman–Crippen LogP) is 2.26. The molecule has 5 heteroatoms. The summed E-state index contributed by atoms with van der Waals surface area (Å²) in [4.78, 5) is 0. The Balaban J connectivity index is 1.90. The number of nitrogens with zero attached hydrogens (tertiary/aromatic N) is 1. The summed E-state index contributed by atoms with van der Waals surface area (Å²) in [7, 11) is 0. The molecule has 0 unspecified atom stereocenters. The molecule has 0 amide bonds. The minimum atomic E-state index is 0.0782. The summed E-state index contributed by atoms with van der Waals surface area (Å²) in [5.41, 5.74) is 14.7. The van der Waals surface area contributed by atoms with Crippen LogP contribution < -0.4 is 11.5 Å². The van der Waals surface area contributed by atoms with Crippen LogP contribution >= 0.6 is 0 Å². The van der Waals surface area contributed by atoms with Gasteiger partial charge in [-0.05, 0) is 29.8 Å². The van der Waals surface area contributed by atoms with E-state index in [0.29, 0.717) is 0 Å². The van der Waals surface area contributed by atoms with E-state index in [1.165, 1.54) is 0 Å². The number of fused-ring (bicyclic) bond motifs is 1. The van der Waals surface area contributed by atoms with Gasteiger partial charge in [-0.25, -0.2) is 0 Å². The Morgan fingerprint density at radius 1 is 0.864 bits per heavy atom. The Bertz CT molecular complexity index is 858. The van der Waals surface area contributed by atoms with Gasteiger partial charge in [-0.15, -0.1) is 0 Å². The Labute approximate surface area is 128 Å². The van der Waals surface area contributed by atoms with E-state index in [-0.39, 0.29) is 11.7 Å². The van der Waals surface area contributed by atoms with Gasteiger partial charge >= 0.3 is 0 Å². The van der Waals surface area contributed by atoms with Gasteiger partial charge in [-0.2, -0.15) is 0 Å². The first-order valence-electron chi connectivity index (χ1n) is 6.91. The smallest absolute Gasteiger partial charge is 0.122 e. The van der Waals surface area contributed by atoms with E-state index in [0.717, 1.165) is 34.1 Å². The van der Waals surface area contributed by atoms with E-state index in [1.54, 1.807) is 0 Å². The van der Waals surface area contributed by atoms with E-state index in [2.05, 4.69) is 4.57 Å². The van der Waals surface area contributed by atoms with Crippen molar-refractivity contribution in [2.75, 3.05) is 0 Å². The van der Waals surface area contributed by atoms with Gasteiger partial charge in [0, 0.05) is 34.8 Å². The lowest BCUT2D eigenvalue weighted by Crippen LogP contribution is -2.11. The molecule has 0 atom stereocenters. The zero-order chi connectivity index (χ0) is 15.7. The lowest BCUT2D eigenvalue weighted by Gasteiger charge is -2.07. The molecule has 0 bridgehead atoms. The topological polar surface area (TPSA) is 105 Å². The average molecular weight is 291 g/mol. The Morgan fingerprint density at radius 2 is 1.50 bits per heavy atom. The molecule has 0 saturated carbocycles. The first kappa shape index (κ1) is 13.9. The lowest BCUT2D eigenvalue weighted by molar-refractivity contribution is 0.837. The molecule has 0 aliphatic heterocycles. The summed E-state index contributed by atoms with van der Waals surface area (Å²) >= 11 is 0. The van der Waals surface area contributed by atoms with Crippen LogP contribution in [-0.4, -0.2) is 16.2 Å². The van der Waals surface area contributed by atoms with Gasteiger partial charge in [-0.3, -0.25) is 10.8 Å². The van der Waals surface area contributed by atoms with Gasteiger partial charge in [0.25, 0.3) is 0 Å². The molecule has 0 radical (unpaired) electrons. The highest BCUT2D eigenvalue weighted by Gasteiger charge is 2.05. The van der Waals surface area contributed by atoms with Crippen molar-refractivity contribution in [3.8, 4) is 0 Å². The number of aromatic nitrogens is 1. The van der Waals surface area contributed by atoms with Crippen molar-refractivity contribution in [2.45, 2.75) is 6.54 Å². The van der Waals surface area contributed by atoms with Crippen molar-refractivity contribution in [1.29, 1.82) is 10.8 Å². The first-order valence-corrected chi connectivity index (χ1v) is 6.91. The molecule has 0 saturated heterocycles. The highest BCUT2D eigenvalue weighted by Crippen LogP contribution is 2.19. The van der Waals surface area contributed by atoms with Crippen molar-refractivity contribution in [3.63, 3.8) is 0 Å². The molecule has 2 aromatic carbocycles. The molecule has 0 spiro atoms. The van der Waals surface area contributed by atoms with Crippen LogP contribution in [0, 0.1) is 10.8 Å². The second-order valence-corrected chi connectivity index (χ2v) is 5.24. The summed E-state index contributed by atoms with van der Waals surface area (Å²) in [6.07, 6.45) is 2.02. The number of hydrogen-bond donors (Lipinski definition) is 4. The highest BCUT2D eigenvalue weighted by atomic mass is 14.9. The van der Waals surface area contributed by atoms with Gasteiger partial charge in [0.1, 0.15) is 11.7 Å². The van der Waals surface area contributed by atoms with Gasteiger partial charge in [0.05, 0.1) is 0 Å². The zero-order valence-electron chi connectivity index (χ0n) is 12.0. The molecule has 0 fully saturated rings. The largest absolute Gasteiger partial charge is 0.384 e. The molecule has 0 aliphatic carbocycles. The maximum Gasteiger partial charge on any atom is 0.122 e. The number of benzene rings is 2. The van der Waals surface area contributed by atoms with E-state index < -0.39 is 0 Å². The van der Waals surface area contributed by atoms with Crippen LogP contribution in [0.3, 0.4) is 0 Å². The fourth-order valence-corrected chi connectivity index (χ4v) is 2.49. The maximum atomic E-state index is 7.49. The van der Waals surface area contributed by atoms with E-state index >= 15 is 0 Å². The van der Waals surface area contributed by atoms with Crippen molar-refractivity contribution in [2.24, 2.45) is 11.5 Å². The summed E-state index contributed by atoms with van der Waals surface area (Å²) in [5.74, 6) is 0.157. The minimum Gasteiger partial charge on any atom is -0.384 e. The number of amidine groups is 2. The quantitative estimate of drug-likeness (QED) is 0.437.